The Morgan fingerprint density at radius 2 is 1.67 bits per heavy atom. The van der Waals surface area contributed by atoms with Crippen molar-refractivity contribution >= 4 is 16.1 Å². The highest BCUT2D eigenvalue weighted by atomic mass is 32.3. The molecule has 1 unspecified atom stereocenters. The van der Waals surface area contributed by atoms with Crippen molar-refractivity contribution in [2.24, 2.45) is 5.73 Å². The van der Waals surface area contributed by atoms with Crippen molar-refractivity contribution in [3.8, 4) is 0 Å². The fraction of sp³-hybridized carbons (Fsp3) is 0.667. The highest BCUT2D eigenvalue weighted by Gasteiger charge is 2.53. The SMILES string of the molecule is NC(=O)C(C(F)(F)F)S(=O)(=O)F. The number of hydrogen-bond acceptors (Lipinski definition) is 3. The first kappa shape index (κ1) is 11.1. The minimum absolute atomic E-state index is 2.29. The molecule has 9 heteroatoms. The lowest BCUT2D eigenvalue weighted by Crippen LogP contribution is -2.45. The van der Waals surface area contributed by atoms with Gasteiger partial charge < -0.3 is 5.73 Å². The van der Waals surface area contributed by atoms with Gasteiger partial charge in [0, 0.05) is 0 Å². The third kappa shape index (κ3) is 2.64. The molecule has 0 saturated heterocycles. The quantitative estimate of drug-likeness (QED) is 0.501. The van der Waals surface area contributed by atoms with Crippen molar-refractivity contribution in [2.45, 2.75) is 11.4 Å². The van der Waals surface area contributed by atoms with Crippen LogP contribution in [-0.4, -0.2) is 25.8 Å². The maximum absolute atomic E-state index is 11.8. The van der Waals surface area contributed by atoms with E-state index in [0.717, 1.165) is 0 Å². The van der Waals surface area contributed by atoms with Crippen LogP contribution in [0.15, 0.2) is 0 Å². The van der Waals surface area contributed by atoms with Crippen LogP contribution in [0.3, 0.4) is 0 Å². The number of primary amides is 1. The Morgan fingerprint density at radius 3 is 1.67 bits per heavy atom. The van der Waals surface area contributed by atoms with E-state index in [0.29, 0.717) is 0 Å². The summed E-state index contributed by atoms with van der Waals surface area (Å²) in [6, 6.07) is 0. The number of carbonyl (C=O) groups is 1. The Morgan fingerprint density at radius 1 is 1.33 bits per heavy atom. The molecule has 0 aliphatic carbocycles. The van der Waals surface area contributed by atoms with Crippen molar-refractivity contribution in [2.75, 3.05) is 0 Å². The van der Waals surface area contributed by atoms with Crippen LogP contribution in [-0.2, 0) is 15.0 Å². The summed E-state index contributed by atoms with van der Waals surface area (Å²) in [7, 11) is -6.02. The molecule has 0 fully saturated rings. The molecular weight excluding hydrogens is 206 g/mol. The Bertz CT molecular complexity index is 280. The van der Waals surface area contributed by atoms with E-state index in [2.05, 4.69) is 5.73 Å². The molecule has 0 aromatic carbocycles. The second-order valence-electron chi connectivity index (χ2n) is 1.80. The van der Waals surface area contributed by atoms with Gasteiger partial charge in [0.25, 0.3) is 5.25 Å². The summed E-state index contributed by atoms with van der Waals surface area (Å²) in [6.45, 7) is 0. The van der Waals surface area contributed by atoms with E-state index in [1.807, 2.05) is 0 Å². The zero-order valence-corrected chi connectivity index (χ0v) is 6.12. The average Bonchev–Trinajstić information content (AvgIpc) is 1.49. The molecule has 0 bridgehead atoms. The van der Waals surface area contributed by atoms with E-state index >= 15 is 0 Å². The summed E-state index contributed by atoms with van der Waals surface area (Å²) >= 11 is 0. The number of alkyl halides is 3. The minimum atomic E-state index is -6.02. The maximum Gasteiger partial charge on any atom is 0.417 e. The molecule has 0 aromatic heterocycles. The van der Waals surface area contributed by atoms with E-state index < -0.39 is 27.6 Å². The first-order chi connectivity index (χ1) is 5.07. The van der Waals surface area contributed by atoms with Crippen molar-refractivity contribution in [1.29, 1.82) is 0 Å². The van der Waals surface area contributed by atoms with Gasteiger partial charge in [-0.1, -0.05) is 0 Å². The van der Waals surface area contributed by atoms with Gasteiger partial charge in [-0.25, -0.2) is 0 Å². The van der Waals surface area contributed by atoms with E-state index in [1.54, 1.807) is 0 Å². The second kappa shape index (κ2) is 2.88. The monoisotopic (exact) mass is 209 g/mol. The molecule has 1 amide bonds. The number of carbonyl (C=O) groups excluding carboxylic acids is 1. The maximum atomic E-state index is 11.8. The van der Waals surface area contributed by atoms with Gasteiger partial charge in [-0.15, -0.1) is 3.89 Å². The molecule has 0 heterocycles. The smallest absolute Gasteiger partial charge is 0.368 e. The summed E-state index contributed by atoms with van der Waals surface area (Å²) in [6.07, 6.45) is -5.51. The largest absolute Gasteiger partial charge is 0.417 e. The lowest BCUT2D eigenvalue weighted by Gasteiger charge is -2.11. The molecule has 4 nitrogen and oxygen atoms in total. The molecule has 72 valence electrons. The molecule has 12 heavy (non-hydrogen) atoms. The first-order valence-electron chi connectivity index (χ1n) is 2.36. The molecular formula is C3H3F4NO3S. The van der Waals surface area contributed by atoms with Crippen molar-refractivity contribution in [3.63, 3.8) is 0 Å². The van der Waals surface area contributed by atoms with Gasteiger partial charge in [-0.05, 0) is 0 Å². The molecule has 1 atom stereocenters. The summed E-state index contributed by atoms with van der Waals surface area (Å²) in [4.78, 5) is 9.88. The number of amides is 1. The van der Waals surface area contributed by atoms with Crippen LogP contribution >= 0.6 is 0 Å². The number of halogens is 4. The van der Waals surface area contributed by atoms with E-state index in [9.17, 15) is 30.3 Å². The predicted octanol–water partition coefficient (Wildman–Crippen LogP) is -0.298. The van der Waals surface area contributed by atoms with Crippen LogP contribution in [0, 0.1) is 0 Å². The third-order valence-electron chi connectivity index (χ3n) is 0.837. The fourth-order valence-corrected chi connectivity index (χ4v) is 1.06. The predicted molar refractivity (Wildman–Crippen MR) is 29.1 cm³/mol. The van der Waals surface area contributed by atoms with Gasteiger partial charge in [0.15, 0.2) is 0 Å². The molecule has 0 aliphatic rings. The van der Waals surface area contributed by atoms with Gasteiger partial charge >= 0.3 is 16.4 Å². The minimum Gasteiger partial charge on any atom is -0.368 e. The van der Waals surface area contributed by atoms with Crippen molar-refractivity contribution in [1.82, 2.24) is 0 Å². The Balaban J connectivity index is 5.11. The van der Waals surface area contributed by atoms with Gasteiger partial charge in [0.2, 0.25) is 5.91 Å². The van der Waals surface area contributed by atoms with E-state index in [-0.39, 0.29) is 0 Å². The zero-order valence-electron chi connectivity index (χ0n) is 5.30. The van der Waals surface area contributed by atoms with E-state index in [4.69, 9.17) is 0 Å². The highest BCUT2D eigenvalue weighted by Crippen LogP contribution is 2.26. The molecule has 0 radical (unpaired) electrons. The highest BCUT2D eigenvalue weighted by molar-refractivity contribution is 7.87. The lowest BCUT2D eigenvalue weighted by molar-refractivity contribution is -0.149. The molecule has 2 N–H and O–H groups in total. The Labute approximate surface area is 64.6 Å². The summed E-state index contributed by atoms with van der Waals surface area (Å²) in [5.41, 5.74) is 4.03. The van der Waals surface area contributed by atoms with Crippen LogP contribution in [0.2, 0.25) is 0 Å². The molecule has 0 spiro atoms. The standard InChI is InChI=1S/C3H3F4NO3S/c4-3(5,6)1(2(8)9)12(7,10)11/h1H,(H2,8,9). The Hall–Kier alpha value is -0.860. The third-order valence-corrected chi connectivity index (χ3v) is 1.90. The van der Waals surface area contributed by atoms with Crippen LogP contribution in [0.5, 0.6) is 0 Å². The summed E-state index contributed by atoms with van der Waals surface area (Å²) in [5.74, 6) is -2.29. The molecule has 0 aliphatic heterocycles. The molecule has 0 aromatic rings. The normalized spacial score (nSPS) is 15.7. The first-order valence-corrected chi connectivity index (χ1v) is 3.81. The van der Waals surface area contributed by atoms with Crippen LogP contribution in [0.1, 0.15) is 0 Å². The van der Waals surface area contributed by atoms with Crippen molar-refractivity contribution in [3.05, 3.63) is 0 Å². The molecule has 0 saturated carbocycles. The van der Waals surface area contributed by atoms with Gasteiger partial charge in [0.1, 0.15) is 0 Å². The van der Waals surface area contributed by atoms with Crippen LogP contribution < -0.4 is 5.73 Å². The average molecular weight is 209 g/mol. The van der Waals surface area contributed by atoms with Gasteiger partial charge in [-0.3, -0.25) is 4.79 Å². The summed E-state index contributed by atoms with van der Waals surface area (Å²) < 4.78 is 65.9. The fourth-order valence-electron chi connectivity index (χ4n) is 0.460. The molecule has 0 rings (SSSR count). The van der Waals surface area contributed by atoms with Gasteiger partial charge in [0.05, 0.1) is 0 Å². The topological polar surface area (TPSA) is 77.2 Å². The number of rotatable bonds is 2. The second-order valence-corrected chi connectivity index (χ2v) is 3.22. The number of nitrogens with two attached hydrogens (primary N) is 1. The van der Waals surface area contributed by atoms with Gasteiger partial charge in [-0.2, -0.15) is 21.6 Å². The van der Waals surface area contributed by atoms with Crippen LogP contribution in [0.4, 0.5) is 17.1 Å². The zero-order chi connectivity index (χ0) is 10.2. The van der Waals surface area contributed by atoms with Crippen molar-refractivity contribution < 1.29 is 30.3 Å². The number of hydrogen-bond donors (Lipinski definition) is 1. The summed E-state index contributed by atoms with van der Waals surface area (Å²) in [5, 5.41) is -3.77. The Kier molecular flexibility index (Phi) is 2.68. The van der Waals surface area contributed by atoms with E-state index in [1.165, 1.54) is 0 Å². The lowest BCUT2D eigenvalue weighted by atomic mass is 10.4. The van der Waals surface area contributed by atoms with Crippen LogP contribution in [0.25, 0.3) is 0 Å².